The highest BCUT2D eigenvalue weighted by atomic mass is 16.6. The van der Waals surface area contributed by atoms with Gasteiger partial charge in [-0.15, -0.1) is 0 Å². The number of Topliss-reactive ketones (excluding diaryl/α,β-unsaturated/α-hetero) is 3. The molecule has 7 nitrogen and oxygen atoms in total. The summed E-state index contributed by atoms with van der Waals surface area (Å²) in [6.07, 6.45) is 8.46. The predicted molar refractivity (Wildman–Crippen MR) is 147 cm³/mol. The first kappa shape index (κ1) is 25.9. The Bertz CT molecular complexity index is 1450. The van der Waals surface area contributed by atoms with Crippen LogP contribution in [-0.4, -0.2) is 46.0 Å². The number of amides is 1. The number of epoxide rings is 1. The molecule has 1 spiro atoms. The lowest BCUT2D eigenvalue weighted by atomic mass is 9.51. The van der Waals surface area contributed by atoms with Crippen LogP contribution in [0, 0.1) is 29.1 Å². The average molecular weight is 529 g/mol. The Morgan fingerprint density at radius 3 is 2.64 bits per heavy atom. The molecular weight excluding hydrogens is 492 g/mol. The van der Waals surface area contributed by atoms with Gasteiger partial charge in [-0.2, -0.15) is 0 Å². The number of H-pyrrole nitrogens is 1. The molecule has 2 saturated heterocycles. The third kappa shape index (κ3) is 3.80. The number of benzene rings is 1. The molecule has 1 saturated carbocycles. The van der Waals surface area contributed by atoms with Gasteiger partial charge >= 0.3 is 0 Å². The van der Waals surface area contributed by atoms with Crippen molar-refractivity contribution in [3.63, 3.8) is 0 Å². The highest BCUT2D eigenvalue weighted by Gasteiger charge is 2.78. The zero-order chi connectivity index (χ0) is 27.7. The third-order valence-electron chi connectivity index (χ3n) is 9.99. The fourth-order valence-corrected chi connectivity index (χ4v) is 7.84. The van der Waals surface area contributed by atoms with E-state index < -0.39 is 28.5 Å². The van der Waals surface area contributed by atoms with Gasteiger partial charge < -0.3 is 15.0 Å². The van der Waals surface area contributed by atoms with E-state index in [9.17, 15) is 19.2 Å². The molecule has 1 amide bonds. The minimum Gasteiger partial charge on any atom is -0.365 e. The summed E-state index contributed by atoms with van der Waals surface area (Å²) in [6, 6.07) is 7.79. The topological polar surface area (TPSA) is 109 Å². The number of nitrogens with one attached hydrogen (secondary N) is 2. The molecule has 0 bridgehead atoms. The lowest BCUT2D eigenvalue weighted by molar-refractivity contribution is -0.149. The van der Waals surface area contributed by atoms with E-state index in [0.717, 1.165) is 16.5 Å². The molecule has 1 aromatic heterocycles. The van der Waals surface area contributed by atoms with Crippen molar-refractivity contribution in [3.8, 4) is 0 Å². The van der Waals surface area contributed by atoms with Crippen LogP contribution in [0.2, 0.25) is 0 Å². The summed E-state index contributed by atoms with van der Waals surface area (Å²) in [4.78, 5) is 57.3. The number of fused-ring (bicyclic) bond motifs is 3. The molecule has 3 fully saturated rings. The smallest absolute Gasteiger partial charge is 0.235 e. The van der Waals surface area contributed by atoms with Crippen LogP contribution in [-0.2, 0) is 30.3 Å². The number of aromatic nitrogens is 1. The van der Waals surface area contributed by atoms with Crippen LogP contribution < -0.4 is 5.32 Å². The maximum Gasteiger partial charge on any atom is 0.235 e. The van der Waals surface area contributed by atoms with E-state index >= 15 is 0 Å². The number of aromatic amines is 1. The van der Waals surface area contributed by atoms with Crippen molar-refractivity contribution in [1.29, 1.82) is 0 Å². The molecule has 2 aliphatic heterocycles. The van der Waals surface area contributed by atoms with Crippen molar-refractivity contribution in [2.75, 3.05) is 0 Å². The quantitative estimate of drug-likeness (QED) is 0.262. The number of carbonyl (C=O) groups is 4. The zero-order valence-corrected chi connectivity index (χ0v) is 23.0. The Morgan fingerprint density at radius 2 is 1.85 bits per heavy atom. The summed E-state index contributed by atoms with van der Waals surface area (Å²) in [7, 11) is 0. The lowest BCUT2D eigenvalue weighted by Crippen LogP contribution is -2.58. The van der Waals surface area contributed by atoms with Crippen LogP contribution in [0.15, 0.2) is 54.3 Å². The molecule has 39 heavy (non-hydrogen) atoms. The van der Waals surface area contributed by atoms with Gasteiger partial charge in [-0.25, -0.2) is 0 Å². The first-order valence-corrected chi connectivity index (χ1v) is 14.1. The first-order valence-electron chi connectivity index (χ1n) is 14.1. The number of allylic oxidation sites excluding steroid dienone is 3. The summed E-state index contributed by atoms with van der Waals surface area (Å²) in [5.74, 6) is -2.47. The Morgan fingerprint density at radius 1 is 1.08 bits per heavy atom. The Hall–Kier alpha value is -3.32. The monoisotopic (exact) mass is 528 g/mol. The summed E-state index contributed by atoms with van der Waals surface area (Å²) in [6.45, 7) is 7.83. The zero-order valence-electron chi connectivity index (χ0n) is 23.0. The van der Waals surface area contributed by atoms with Gasteiger partial charge in [0.05, 0.1) is 11.7 Å². The van der Waals surface area contributed by atoms with E-state index in [1.807, 2.05) is 49.5 Å². The van der Waals surface area contributed by atoms with Crippen LogP contribution in [0.3, 0.4) is 0 Å². The molecule has 204 valence electrons. The third-order valence-corrected chi connectivity index (χ3v) is 9.99. The van der Waals surface area contributed by atoms with E-state index in [4.69, 9.17) is 4.74 Å². The number of carbonyl (C=O) groups excluding carboxylic acids is 4. The van der Waals surface area contributed by atoms with Crippen molar-refractivity contribution in [2.24, 2.45) is 29.1 Å². The number of rotatable bonds is 2. The van der Waals surface area contributed by atoms with Gasteiger partial charge in [-0.3, -0.25) is 19.2 Å². The molecule has 8 atom stereocenters. The van der Waals surface area contributed by atoms with Crippen molar-refractivity contribution in [3.05, 3.63) is 59.8 Å². The Balaban J connectivity index is 1.44. The second kappa shape index (κ2) is 9.12. The van der Waals surface area contributed by atoms with Crippen molar-refractivity contribution in [2.45, 2.75) is 71.1 Å². The van der Waals surface area contributed by atoms with Crippen LogP contribution in [0.1, 0.15) is 52.5 Å². The number of para-hydroxylation sites is 1. The molecule has 0 radical (unpaired) electrons. The SMILES string of the molecule is C/C1=C/[C@H](C)C/C=C/C2C3O[C@]3(C)C(C)C3[C@H](Cc4c[nH]c5ccccc45)NC(=O)C23C(=O)CCC(=O)C1=O. The van der Waals surface area contributed by atoms with Gasteiger partial charge in [0.25, 0.3) is 0 Å². The van der Waals surface area contributed by atoms with Crippen molar-refractivity contribution < 1.29 is 23.9 Å². The molecule has 2 N–H and O–H groups in total. The second-order valence-corrected chi connectivity index (χ2v) is 12.2. The molecular formula is C32H36N2O5. The van der Waals surface area contributed by atoms with E-state index in [2.05, 4.69) is 30.2 Å². The number of ether oxygens (including phenoxy) is 1. The summed E-state index contributed by atoms with van der Waals surface area (Å²) < 4.78 is 6.34. The molecule has 2 aromatic rings. The summed E-state index contributed by atoms with van der Waals surface area (Å²) in [5, 5.41) is 4.34. The second-order valence-electron chi connectivity index (χ2n) is 12.2. The predicted octanol–water partition coefficient (Wildman–Crippen LogP) is 4.26. The minimum atomic E-state index is -1.35. The Kier molecular flexibility index (Phi) is 6.06. The lowest BCUT2D eigenvalue weighted by Gasteiger charge is -2.46. The van der Waals surface area contributed by atoms with Crippen LogP contribution in [0.4, 0.5) is 0 Å². The van der Waals surface area contributed by atoms with Gasteiger partial charge in [-0.05, 0) is 55.7 Å². The van der Waals surface area contributed by atoms with Gasteiger partial charge in [0.15, 0.2) is 0 Å². The number of hydrogen-bond donors (Lipinski definition) is 2. The standard InChI is InChI=1S/C32H36N2O5/c1-17-8-7-10-22-29-31(4,39-29)19(3)27-24(15-20-16-33-23-11-6-5-9-21(20)23)34-30(38)32(22,27)26(36)13-12-25(35)28(37)18(2)14-17/h5-7,9-11,14,16-17,19,22,24,27,29,33H,8,12-13,15H2,1-4H3,(H,34,38)/b10-7+,18-14-/t17-,19?,22?,24+,27?,29?,31-,32?/m1/s1. The van der Waals surface area contributed by atoms with E-state index in [1.54, 1.807) is 6.92 Å². The van der Waals surface area contributed by atoms with E-state index in [-0.39, 0.29) is 54.4 Å². The van der Waals surface area contributed by atoms with Gasteiger partial charge in [-0.1, -0.05) is 50.3 Å². The summed E-state index contributed by atoms with van der Waals surface area (Å²) in [5.41, 5.74) is 0.739. The highest BCUT2D eigenvalue weighted by molar-refractivity contribution is 6.43. The van der Waals surface area contributed by atoms with Crippen molar-refractivity contribution >= 4 is 34.2 Å². The van der Waals surface area contributed by atoms with Gasteiger partial charge in [0, 0.05) is 47.8 Å². The normalized spacial score (nSPS) is 40.8. The van der Waals surface area contributed by atoms with Gasteiger partial charge in [0.2, 0.25) is 17.5 Å². The molecule has 1 aromatic carbocycles. The average Bonchev–Trinajstić information content (AvgIpc) is 3.31. The maximum atomic E-state index is 14.3. The molecule has 5 unspecified atom stereocenters. The number of ketones is 3. The summed E-state index contributed by atoms with van der Waals surface area (Å²) >= 11 is 0. The Labute approximate surface area is 228 Å². The fourth-order valence-electron chi connectivity index (χ4n) is 7.84. The number of hydrogen-bond acceptors (Lipinski definition) is 5. The highest BCUT2D eigenvalue weighted by Crippen LogP contribution is 2.66. The van der Waals surface area contributed by atoms with E-state index in [0.29, 0.717) is 18.4 Å². The van der Waals surface area contributed by atoms with Crippen LogP contribution in [0.25, 0.3) is 10.9 Å². The first-order chi connectivity index (χ1) is 18.6. The van der Waals surface area contributed by atoms with Crippen LogP contribution in [0.5, 0.6) is 0 Å². The molecule has 2 aliphatic carbocycles. The maximum absolute atomic E-state index is 14.3. The fraction of sp³-hybridized carbons (Fsp3) is 0.500. The minimum absolute atomic E-state index is 0.0299. The van der Waals surface area contributed by atoms with Crippen molar-refractivity contribution in [1.82, 2.24) is 10.3 Å². The molecule has 4 aliphatic rings. The molecule has 6 rings (SSSR count). The molecule has 7 heteroatoms. The van der Waals surface area contributed by atoms with E-state index in [1.165, 1.54) is 0 Å². The van der Waals surface area contributed by atoms with Gasteiger partial charge in [0.1, 0.15) is 11.2 Å². The van der Waals surface area contributed by atoms with Crippen LogP contribution >= 0.6 is 0 Å². The molecule has 3 heterocycles. The largest absolute Gasteiger partial charge is 0.365 e.